The van der Waals surface area contributed by atoms with Crippen molar-refractivity contribution in [2.45, 2.75) is 12.6 Å². The van der Waals surface area contributed by atoms with Crippen LogP contribution in [0.15, 0.2) is 88.1 Å². The highest BCUT2D eigenvalue weighted by Gasteiger charge is 2.42. The van der Waals surface area contributed by atoms with Crippen LogP contribution in [0.2, 0.25) is 0 Å². The molecule has 0 saturated carbocycles. The van der Waals surface area contributed by atoms with Gasteiger partial charge in [0.1, 0.15) is 11.3 Å². The van der Waals surface area contributed by atoms with Gasteiger partial charge in [-0.05, 0) is 35.4 Å². The van der Waals surface area contributed by atoms with Crippen LogP contribution in [0.4, 0.5) is 0 Å². The Hall–Kier alpha value is -3.86. The van der Waals surface area contributed by atoms with Gasteiger partial charge in [-0.3, -0.25) is 9.59 Å². The summed E-state index contributed by atoms with van der Waals surface area (Å²) < 4.78 is 11.2. The Balaban J connectivity index is 1.67. The van der Waals surface area contributed by atoms with Gasteiger partial charge in [0.05, 0.1) is 24.1 Å². The number of amides is 1. The molecule has 0 unspecified atom stereocenters. The molecule has 0 aliphatic carbocycles. The van der Waals surface area contributed by atoms with Crippen LogP contribution < -0.4 is 10.2 Å². The van der Waals surface area contributed by atoms with E-state index in [0.29, 0.717) is 23.1 Å². The van der Waals surface area contributed by atoms with Crippen LogP contribution in [0.5, 0.6) is 5.75 Å². The van der Waals surface area contributed by atoms with Crippen molar-refractivity contribution in [3.8, 4) is 5.75 Å². The zero-order valence-electron chi connectivity index (χ0n) is 16.4. The highest BCUT2D eigenvalue weighted by atomic mass is 16.5. The van der Waals surface area contributed by atoms with E-state index in [-0.39, 0.29) is 17.1 Å². The zero-order chi connectivity index (χ0) is 20.7. The summed E-state index contributed by atoms with van der Waals surface area (Å²) in [5.74, 6) is 0.594. The molecule has 30 heavy (non-hydrogen) atoms. The average molecular weight is 397 g/mol. The molecular formula is C25H19NO4. The number of methoxy groups -OCH3 is 1. The summed E-state index contributed by atoms with van der Waals surface area (Å²) in [7, 11) is 1.61. The second kappa shape index (κ2) is 7.19. The maximum absolute atomic E-state index is 13.4. The first-order valence-electron chi connectivity index (χ1n) is 9.72. The lowest BCUT2D eigenvalue weighted by Gasteiger charge is -2.25. The third kappa shape index (κ3) is 2.87. The van der Waals surface area contributed by atoms with Gasteiger partial charge >= 0.3 is 0 Å². The lowest BCUT2D eigenvalue weighted by Crippen LogP contribution is -2.29. The van der Waals surface area contributed by atoms with E-state index in [1.807, 2.05) is 54.6 Å². The fourth-order valence-corrected chi connectivity index (χ4v) is 4.04. The van der Waals surface area contributed by atoms with Crippen molar-refractivity contribution < 1.29 is 13.9 Å². The van der Waals surface area contributed by atoms with Crippen molar-refractivity contribution >= 4 is 16.9 Å². The molecule has 0 fully saturated rings. The number of carbonyl (C=O) groups is 1. The minimum atomic E-state index is -0.503. The summed E-state index contributed by atoms with van der Waals surface area (Å²) in [6.07, 6.45) is 0. The summed E-state index contributed by atoms with van der Waals surface area (Å²) >= 11 is 0. The van der Waals surface area contributed by atoms with Crippen molar-refractivity contribution in [1.82, 2.24) is 4.90 Å². The Kier molecular flexibility index (Phi) is 4.36. The van der Waals surface area contributed by atoms with E-state index in [1.165, 1.54) is 0 Å². The molecule has 1 aromatic heterocycles. The van der Waals surface area contributed by atoms with Gasteiger partial charge in [-0.25, -0.2) is 0 Å². The van der Waals surface area contributed by atoms with E-state index < -0.39 is 6.04 Å². The van der Waals surface area contributed by atoms with Gasteiger partial charge < -0.3 is 14.1 Å². The Morgan fingerprint density at radius 2 is 1.60 bits per heavy atom. The van der Waals surface area contributed by atoms with Gasteiger partial charge in [0.25, 0.3) is 5.91 Å². The fraction of sp³-hybridized carbons (Fsp3) is 0.120. The largest absolute Gasteiger partial charge is 0.497 e. The predicted octanol–water partition coefficient (Wildman–Crippen LogP) is 4.55. The van der Waals surface area contributed by atoms with Gasteiger partial charge in [0.15, 0.2) is 5.43 Å². The quantitative estimate of drug-likeness (QED) is 0.507. The lowest BCUT2D eigenvalue weighted by molar-refractivity contribution is 0.0714. The number of nitrogens with zero attached hydrogens (tertiary/aromatic N) is 1. The number of rotatable bonds is 4. The van der Waals surface area contributed by atoms with Gasteiger partial charge in [-0.1, -0.05) is 54.6 Å². The first-order valence-corrected chi connectivity index (χ1v) is 9.72. The molecule has 1 amide bonds. The summed E-state index contributed by atoms with van der Waals surface area (Å²) in [5, 5.41) is 0.483. The second-order valence-corrected chi connectivity index (χ2v) is 7.26. The van der Waals surface area contributed by atoms with Crippen molar-refractivity contribution in [3.63, 3.8) is 0 Å². The van der Waals surface area contributed by atoms with Gasteiger partial charge in [0, 0.05) is 6.54 Å². The Labute approximate surface area is 173 Å². The Morgan fingerprint density at radius 1 is 0.900 bits per heavy atom. The Morgan fingerprint density at radius 3 is 2.33 bits per heavy atom. The molecular weight excluding hydrogens is 378 g/mol. The molecule has 3 aromatic carbocycles. The topological polar surface area (TPSA) is 59.8 Å². The van der Waals surface area contributed by atoms with E-state index >= 15 is 0 Å². The molecule has 1 atom stereocenters. The normalized spacial score (nSPS) is 15.4. The van der Waals surface area contributed by atoms with Crippen LogP contribution in [0, 0.1) is 0 Å². The number of benzene rings is 3. The van der Waals surface area contributed by atoms with E-state index in [9.17, 15) is 9.59 Å². The molecule has 0 N–H and O–H groups in total. The third-order valence-electron chi connectivity index (χ3n) is 5.50. The molecule has 1 aliphatic rings. The van der Waals surface area contributed by atoms with E-state index in [1.54, 1.807) is 36.3 Å². The van der Waals surface area contributed by atoms with Crippen molar-refractivity contribution in [1.29, 1.82) is 0 Å². The molecule has 0 saturated heterocycles. The van der Waals surface area contributed by atoms with Crippen molar-refractivity contribution in [2.24, 2.45) is 0 Å². The molecule has 4 aromatic rings. The second-order valence-electron chi connectivity index (χ2n) is 7.26. The lowest BCUT2D eigenvalue weighted by atomic mass is 9.98. The molecule has 2 heterocycles. The van der Waals surface area contributed by atoms with Crippen molar-refractivity contribution in [2.75, 3.05) is 7.11 Å². The smallest absolute Gasteiger partial charge is 0.291 e. The average Bonchev–Trinajstić information content (AvgIpc) is 3.07. The molecule has 1 aliphatic heterocycles. The van der Waals surface area contributed by atoms with E-state index in [0.717, 1.165) is 16.9 Å². The number of para-hydroxylation sites is 1. The molecule has 0 bridgehead atoms. The molecule has 148 valence electrons. The Bertz CT molecular complexity index is 1290. The van der Waals surface area contributed by atoms with E-state index in [2.05, 4.69) is 0 Å². The number of hydrogen-bond acceptors (Lipinski definition) is 4. The summed E-state index contributed by atoms with van der Waals surface area (Å²) in [6, 6.07) is 23.7. The molecule has 5 nitrogen and oxygen atoms in total. The predicted molar refractivity (Wildman–Crippen MR) is 114 cm³/mol. The molecule has 0 spiro atoms. The van der Waals surface area contributed by atoms with Gasteiger partial charge in [0.2, 0.25) is 5.76 Å². The van der Waals surface area contributed by atoms with Gasteiger partial charge in [-0.2, -0.15) is 0 Å². The van der Waals surface area contributed by atoms with E-state index in [4.69, 9.17) is 9.15 Å². The van der Waals surface area contributed by atoms with Crippen LogP contribution in [0.1, 0.15) is 33.3 Å². The molecule has 5 heteroatoms. The van der Waals surface area contributed by atoms with Crippen LogP contribution >= 0.6 is 0 Å². The number of hydrogen-bond donors (Lipinski definition) is 0. The summed E-state index contributed by atoms with van der Waals surface area (Å²) in [6.45, 7) is 0.350. The summed E-state index contributed by atoms with van der Waals surface area (Å²) in [4.78, 5) is 28.4. The minimum Gasteiger partial charge on any atom is -0.497 e. The van der Waals surface area contributed by atoms with Crippen LogP contribution in [-0.2, 0) is 6.54 Å². The SMILES string of the molecule is COc1ccc(CN2C(=O)c3oc4ccccc4c(=O)c3[C@H]2c2ccccc2)cc1. The molecule has 0 radical (unpaired) electrons. The minimum absolute atomic E-state index is 0.126. The maximum Gasteiger partial charge on any atom is 0.291 e. The number of fused-ring (bicyclic) bond motifs is 2. The van der Waals surface area contributed by atoms with Crippen LogP contribution in [0.3, 0.4) is 0 Å². The van der Waals surface area contributed by atoms with Crippen molar-refractivity contribution in [3.05, 3.63) is 112 Å². The number of carbonyl (C=O) groups excluding carboxylic acids is 1. The van der Waals surface area contributed by atoms with Gasteiger partial charge in [-0.15, -0.1) is 0 Å². The molecule has 5 rings (SSSR count). The first-order chi connectivity index (χ1) is 14.7. The van der Waals surface area contributed by atoms with Crippen LogP contribution in [0.25, 0.3) is 11.0 Å². The highest BCUT2D eigenvalue weighted by Crippen LogP contribution is 2.39. The maximum atomic E-state index is 13.4. The third-order valence-corrected chi connectivity index (χ3v) is 5.50. The fourth-order valence-electron chi connectivity index (χ4n) is 4.04. The summed E-state index contributed by atoms with van der Waals surface area (Å²) in [5.41, 5.74) is 2.48. The monoisotopic (exact) mass is 397 g/mol. The number of ether oxygens (including phenoxy) is 1. The highest BCUT2D eigenvalue weighted by molar-refractivity contribution is 5.99. The standard InChI is InChI=1S/C25H19NO4/c1-29-18-13-11-16(12-14-18)15-26-22(17-7-3-2-4-8-17)21-23(27)19-9-5-6-10-20(19)30-24(21)25(26)28/h2-14,22H,15H2,1H3/t22-/m1/s1. The first kappa shape index (κ1) is 18.2. The zero-order valence-corrected chi connectivity index (χ0v) is 16.4. The van der Waals surface area contributed by atoms with Crippen LogP contribution in [-0.4, -0.2) is 17.9 Å².